The van der Waals surface area contributed by atoms with Gasteiger partial charge in [0.1, 0.15) is 0 Å². The Morgan fingerprint density at radius 2 is 2.29 bits per heavy atom. The van der Waals surface area contributed by atoms with Crippen molar-refractivity contribution >= 4 is 44.5 Å². The maximum absolute atomic E-state index is 11.5. The molecule has 2 nitrogen and oxygen atoms in total. The fourth-order valence-corrected chi connectivity index (χ4v) is 1.83. The van der Waals surface area contributed by atoms with Gasteiger partial charge in [-0.25, -0.2) is 4.79 Å². The highest BCUT2D eigenvalue weighted by Gasteiger charge is 2.11. The Morgan fingerprint density at radius 1 is 1.57 bits per heavy atom. The molecule has 1 aromatic rings. The predicted octanol–water partition coefficient (Wildman–Crippen LogP) is 3.62. The number of esters is 1. The Morgan fingerprint density at radius 3 is 2.93 bits per heavy atom. The number of ether oxygens (including phenoxy) is 1. The van der Waals surface area contributed by atoms with Crippen molar-refractivity contribution in [3.63, 3.8) is 0 Å². The van der Waals surface area contributed by atoms with E-state index in [2.05, 4.69) is 38.5 Å². The lowest BCUT2D eigenvalue weighted by atomic mass is 10.2. The van der Waals surface area contributed by atoms with E-state index in [0.29, 0.717) is 12.2 Å². The molecule has 4 heteroatoms. The maximum Gasteiger partial charge on any atom is 0.339 e. The Hall–Kier alpha value is -0.100. The van der Waals surface area contributed by atoms with Crippen LogP contribution < -0.4 is 0 Å². The van der Waals surface area contributed by atoms with E-state index in [0.717, 1.165) is 14.5 Å². The minimum Gasteiger partial charge on any atom is -0.462 e. The second kappa shape index (κ2) is 5.70. The van der Waals surface area contributed by atoms with Crippen LogP contribution in [0.1, 0.15) is 23.7 Å². The zero-order valence-electron chi connectivity index (χ0n) is 7.72. The molecule has 0 aliphatic rings. The minimum absolute atomic E-state index is 0.266. The summed E-state index contributed by atoms with van der Waals surface area (Å²) >= 11 is 5.48. The summed E-state index contributed by atoms with van der Waals surface area (Å²) in [5.74, 6) is -0.266. The van der Waals surface area contributed by atoms with Crippen LogP contribution in [-0.2, 0) is 4.74 Å². The normalized spacial score (nSPS) is 9.93. The second-order valence-electron chi connectivity index (χ2n) is 2.76. The predicted molar refractivity (Wildman–Crippen MR) is 67.4 cm³/mol. The van der Waals surface area contributed by atoms with Crippen molar-refractivity contribution in [2.45, 2.75) is 13.3 Å². The summed E-state index contributed by atoms with van der Waals surface area (Å²) in [7, 11) is 0. The van der Waals surface area contributed by atoms with Crippen LogP contribution in [0.2, 0.25) is 0 Å². The van der Waals surface area contributed by atoms with Gasteiger partial charge in [0.15, 0.2) is 0 Å². The van der Waals surface area contributed by atoms with E-state index in [9.17, 15) is 4.79 Å². The van der Waals surface area contributed by atoms with Crippen LogP contribution in [0.4, 0.5) is 0 Å². The molecule has 0 amide bonds. The number of hydrogen-bond acceptors (Lipinski definition) is 2. The molecule has 0 saturated heterocycles. The monoisotopic (exact) mass is 368 g/mol. The smallest absolute Gasteiger partial charge is 0.339 e. The Kier molecular flexibility index (Phi) is 4.88. The van der Waals surface area contributed by atoms with Crippen molar-refractivity contribution in [1.29, 1.82) is 0 Å². The molecule has 0 bridgehead atoms. The van der Waals surface area contributed by atoms with Crippen molar-refractivity contribution in [2.75, 3.05) is 6.61 Å². The van der Waals surface area contributed by atoms with Crippen LogP contribution in [0.5, 0.6) is 0 Å². The van der Waals surface area contributed by atoms with Crippen molar-refractivity contribution < 1.29 is 9.53 Å². The quantitative estimate of drug-likeness (QED) is 0.601. The topological polar surface area (TPSA) is 26.3 Å². The number of carbonyl (C=O) groups is 1. The Balaban J connectivity index is 2.83. The third-order valence-electron chi connectivity index (χ3n) is 1.59. The van der Waals surface area contributed by atoms with Crippen molar-refractivity contribution in [3.05, 3.63) is 31.8 Å². The highest BCUT2D eigenvalue weighted by atomic mass is 127. The summed E-state index contributed by atoms with van der Waals surface area (Å²) in [6.45, 7) is 2.44. The largest absolute Gasteiger partial charge is 0.462 e. The van der Waals surface area contributed by atoms with Gasteiger partial charge < -0.3 is 4.74 Å². The van der Waals surface area contributed by atoms with Crippen molar-refractivity contribution in [2.24, 2.45) is 0 Å². The average Bonchev–Trinajstić information content (AvgIpc) is 2.18. The summed E-state index contributed by atoms with van der Waals surface area (Å²) in [5, 5.41) is 0. The van der Waals surface area contributed by atoms with Crippen molar-refractivity contribution in [1.82, 2.24) is 0 Å². The van der Waals surface area contributed by atoms with Gasteiger partial charge in [0.2, 0.25) is 0 Å². The van der Waals surface area contributed by atoms with Gasteiger partial charge in [-0.3, -0.25) is 0 Å². The van der Waals surface area contributed by atoms with E-state index < -0.39 is 0 Å². The highest BCUT2D eigenvalue weighted by Crippen LogP contribution is 2.20. The molecule has 0 atom stereocenters. The fourth-order valence-electron chi connectivity index (χ4n) is 0.926. The molecule has 0 spiro atoms. The van der Waals surface area contributed by atoms with E-state index in [1.165, 1.54) is 0 Å². The number of benzene rings is 1. The minimum atomic E-state index is -0.266. The van der Waals surface area contributed by atoms with E-state index >= 15 is 0 Å². The molecule has 0 aliphatic heterocycles. The van der Waals surface area contributed by atoms with Crippen LogP contribution in [0.3, 0.4) is 0 Å². The molecule has 76 valence electrons. The van der Waals surface area contributed by atoms with Crippen LogP contribution in [0.25, 0.3) is 0 Å². The van der Waals surface area contributed by atoms with Crippen molar-refractivity contribution in [3.8, 4) is 0 Å². The third kappa shape index (κ3) is 3.24. The fraction of sp³-hybridized carbons (Fsp3) is 0.300. The SMILES string of the molecule is CCCOC(=O)c1cc(I)ccc1Br. The first-order chi connectivity index (χ1) is 6.65. The van der Waals surface area contributed by atoms with Gasteiger partial charge in [-0.05, 0) is 63.1 Å². The van der Waals surface area contributed by atoms with E-state index in [-0.39, 0.29) is 5.97 Å². The van der Waals surface area contributed by atoms with Gasteiger partial charge in [0, 0.05) is 8.04 Å². The molecule has 0 fully saturated rings. The molecule has 0 unspecified atom stereocenters. The van der Waals surface area contributed by atoms with Crippen LogP contribution in [0, 0.1) is 3.57 Å². The summed E-state index contributed by atoms with van der Waals surface area (Å²) in [6, 6.07) is 5.59. The number of rotatable bonds is 3. The zero-order valence-corrected chi connectivity index (χ0v) is 11.5. The molecule has 0 aromatic heterocycles. The van der Waals surface area contributed by atoms with Gasteiger partial charge in [0.25, 0.3) is 0 Å². The first-order valence-corrected chi connectivity index (χ1v) is 6.14. The summed E-state index contributed by atoms with van der Waals surface area (Å²) < 4.78 is 6.84. The lowest BCUT2D eigenvalue weighted by Crippen LogP contribution is -2.06. The third-order valence-corrected chi connectivity index (χ3v) is 2.95. The highest BCUT2D eigenvalue weighted by molar-refractivity contribution is 14.1. The van der Waals surface area contributed by atoms with Crippen LogP contribution >= 0.6 is 38.5 Å². The molecule has 0 radical (unpaired) electrons. The lowest BCUT2D eigenvalue weighted by molar-refractivity contribution is 0.0504. The number of hydrogen-bond donors (Lipinski definition) is 0. The first kappa shape index (κ1) is 12.0. The number of halogens is 2. The molecular weight excluding hydrogens is 359 g/mol. The molecule has 1 rings (SSSR count). The first-order valence-electron chi connectivity index (χ1n) is 4.27. The average molecular weight is 369 g/mol. The summed E-state index contributed by atoms with van der Waals surface area (Å²) in [5.41, 5.74) is 0.588. The van der Waals surface area contributed by atoms with E-state index in [4.69, 9.17) is 4.74 Å². The lowest BCUT2D eigenvalue weighted by Gasteiger charge is -2.05. The van der Waals surface area contributed by atoms with Gasteiger partial charge in [-0.2, -0.15) is 0 Å². The molecule has 1 aromatic carbocycles. The van der Waals surface area contributed by atoms with Crippen LogP contribution in [-0.4, -0.2) is 12.6 Å². The van der Waals surface area contributed by atoms with Gasteiger partial charge in [-0.15, -0.1) is 0 Å². The molecule has 0 heterocycles. The second-order valence-corrected chi connectivity index (χ2v) is 4.86. The summed E-state index contributed by atoms with van der Waals surface area (Å²) in [6.07, 6.45) is 0.841. The van der Waals surface area contributed by atoms with E-state index in [1.54, 1.807) is 0 Å². The Labute approximate surface area is 105 Å². The molecule has 0 aliphatic carbocycles. The molecular formula is C10H10BrIO2. The molecule has 0 N–H and O–H groups in total. The van der Waals surface area contributed by atoms with Crippen LogP contribution in [0.15, 0.2) is 22.7 Å². The molecule has 0 saturated carbocycles. The molecule has 14 heavy (non-hydrogen) atoms. The number of carbonyl (C=O) groups excluding carboxylic acids is 1. The van der Waals surface area contributed by atoms with Gasteiger partial charge in [0.05, 0.1) is 12.2 Å². The standard InChI is InChI=1S/C10H10BrIO2/c1-2-5-14-10(13)8-6-7(12)3-4-9(8)11/h3-4,6H,2,5H2,1H3. The summed E-state index contributed by atoms with van der Waals surface area (Å²) in [4.78, 5) is 11.5. The van der Waals surface area contributed by atoms with E-state index in [1.807, 2.05) is 25.1 Å². The van der Waals surface area contributed by atoms with Gasteiger partial charge >= 0.3 is 5.97 Å². The maximum atomic E-state index is 11.5. The van der Waals surface area contributed by atoms with Gasteiger partial charge in [-0.1, -0.05) is 6.92 Å². The Bertz CT molecular complexity index is 339. The zero-order chi connectivity index (χ0) is 10.6.